The van der Waals surface area contributed by atoms with E-state index in [1.807, 2.05) is 18.2 Å². The van der Waals surface area contributed by atoms with Crippen LogP contribution in [0.25, 0.3) is 121 Å². The lowest BCUT2D eigenvalue weighted by Crippen LogP contribution is -1.95. The minimum absolute atomic E-state index is 0.728. The number of benzene rings is 11. The molecule has 2 nitrogen and oxygen atoms in total. The minimum Gasteiger partial charge on any atom is -0.228 e. The van der Waals surface area contributed by atoms with Crippen molar-refractivity contribution in [1.82, 2.24) is 9.97 Å². The summed E-state index contributed by atoms with van der Waals surface area (Å²) in [5.41, 5.74) is 12.6. The zero-order chi connectivity index (χ0) is 40.4. The van der Waals surface area contributed by atoms with E-state index in [2.05, 4.69) is 201 Å². The number of nitrogens with zero attached hydrogens (tertiary/aromatic N) is 2. The number of aromatic nitrogens is 2. The summed E-state index contributed by atoms with van der Waals surface area (Å²) < 4.78 is 0. The summed E-state index contributed by atoms with van der Waals surface area (Å²) in [5.74, 6) is 0.728. The van der Waals surface area contributed by atoms with Crippen molar-refractivity contribution in [3.8, 4) is 56.0 Å². The molecule has 1 aromatic heterocycles. The van der Waals surface area contributed by atoms with E-state index in [4.69, 9.17) is 9.97 Å². The summed E-state index contributed by atoms with van der Waals surface area (Å²) in [6, 6.07) is 77.0. The molecule has 11 aromatic carbocycles. The third-order valence-corrected chi connectivity index (χ3v) is 12.5. The molecule has 0 radical (unpaired) electrons. The van der Waals surface area contributed by atoms with Gasteiger partial charge in [-0.05, 0) is 124 Å². The molecule has 2 heteroatoms. The Morgan fingerprint density at radius 1 is 0.295 bits per heavy atom. The van der Waals surface area contributed by atoms with Gasteiger partial charge in [-0.1, -0.05) is 188 Å². The maximum atomic E-state index is 5.07. The molecule has 0 amide bonds. The van der Waals surface area contributed by atoms with Crippen molar-refractivity contribution in [2.75, 3.05) is 0 Å². The second kappa shape index (κ2) is 14.1. The monoisotopic (exact) mass is 774 g/mol. The van der Waals surface area contributed by atoms with Gasteiger partial charge < -0.3 is 0 Å². The summed E-state index contributed by atoms with van der Waals surface area (Å²) in [6.07, 6.45) is 0. The first-order chi connectivity index (χ1) is 30.1. The van der Waals surface area contributed by atoms with Gasteiger partial charge in [0.05, 0.1) is 11.2 Å². The maximum absolute atomic E-state index is 5.07. The molecule has 0 atom stereocenters. The van der Waals surface area contributed by atoms with E-state index in [1.54, 1.807) is 0 Å². The highest BCUT2D eigenvalue weighted by Crippen LogP contribution is 2.42. The number of hydrogen-bond donors (Lipinski definition) is 0. The number of hydrogen-bond acceptors (Lipinski definition) is 2. The fourth-order valence-corrected chi connectivity index (χ4v) is 9.52. The lowest BCUT2D eigenvalue weighted by Gasteiger charge is -2.16. The lowest BCUT2D eigenvalue weighted by atomic mass is 9.88. The lowest BCUT2D eigenvalue weighted by molar-refractivity contribution is 1.23. The molecule has 284 valence electrons. The smallest absolute Gasteiger partial charge is 0.160 e. The Balaban J connectivity index is 0.880. The van der Waals surface area contributed by atoms with Crippen molar-refractivity contribution < 1.29 is 0 Å². The van der Waals surface area contributed by atoms with Gasteiger partial charge in [-0.15, -0.1) is 0 Å². The topological polar surface area (TPSA) is 25.8 Å². The van der Waals surface area contributed by atoms with Gasteiger partial charge in [-0.25, -0.2) is 9.97 Å². The van der Waals surface area contributed by atoms with Crippen LogP contribution >= 0.6 is 0 Å². The summed E-state index contributed by atoms with van der Waals surface area (Å²) in [6.45, 7) is 2.23. The van der Waals surface area contributed by atoms with Gasteiger partial charge in [0.25, 0.3) is 0 Å². The molecule has 0 bridgehead atoms. The molecule has 0 aliphatic carbocycles. The first-order valence-corrected chi connectivity index (χ1v) is 21.0. The van der Waals surface area contributed by atoms with Gasteiger partial charge in [0, 0.05) is 16.5 Å². The van der Waals surface area contributed by atoms with Crippen LogP contribution in [0.3, 0.4) is 0 Å². The van der Waals surface area contributed by atoms with E-state index in [0.717, 1.165) is 39.1 Å². The van der Waals surface area contributed by atoms with E-state index < -0.39 is 0 Å². The van der Waals surface area contributed by atoms with E-state index in [1.165, 1.54) is 87.2 Å². The molecular weight excluding hydrogens is 737 g/mol. The Bertz CT molecular complexity index is 3700. The molecule has 0 fully saturated rings. The zero-order valence-corrected chi connectivity index (χ0v) is 33.6. The Kier molecular flexibility index (Phi) is 8.11. The molecule has 0 aliphatic heterocycles. The highest BCUT2D eigenvalue weighted by atomic mass is 14.9. The zero-order valence-electron chi connectivity index (χ0n) is 33.6. The van der Waals surface area contributed by atoms with Crippen LogP contribution in [0.4, 0.5) is 0 Å². The van der Waals surface area contributed by atoms with Crippen LogP contribution < -0.4 is 0 Å². The van der Waals surface area contributed by atoms with Gasteiger partial charge in [0.15, 0.2) is 5.82 Å². The number of para-hydroxylation sites is 1. The van der Waals surface area contributed by atoms with Crippen LogP contribution in [0.1, 0.15) is 5.56 Å². The van der Waals surface area contributed by atoms with Crippen molar-refractivity contribution in [2.45, 2.75) is 6.92 Å². The van der Waals surface area contributed by atoms with Crippen molar-refractivity contribution in [2.24, 2.45) is 0 Å². The largest absolute Gasteiger partial charge is 0.228 e. The van der Waals surface area contributed by atoms with E-state index >= 15 is 0 Å². The van der Waals surface area contributed by atoms with Crippen LogP contribution in [0.5, 0.6) is 0 Å². The predicted molar refractivity (Wildman–Crippen MR) is 259 cm³/mol. The van der Waals surface area contributed by atoms with Gasteiger partial charge >= 0.3 is 0 Å². The van der Waals surface area contributed by atoms with Crippen molar-refractivity contribution >= 4 is 64.8 Å². The number of fused-ring (bicyclic) bond motifs is 8. The maximum Gasteiger partial charge on any atom is 0.160 e. The quantitative estimate of drug-likeness (QED) is 0.163. The number of aryl methyl sites for hydroxylation is 1. The van der Waals surface area contributed by atoms with Crippen LogP contribution in [-0.2, 0) is 0 Å². The average molecular weight is 775 g/mol. The van der Waals surface area contributed by atoms with Gasteiger partial charge in [0.1, 0.15) is 0 Å². The highest BCUT2D eigenvalue weighted by Gasteiger charge is 2.15. The van der Waals surface area contributed by atoms with E-state index in [-0.39, 0.29) is 0 Å². The summed E-state index contributed by atoms with van der Waals surface area (Å²) in [5, 5.41) is 13.7. The predicted octanol–water partition coefficient (Wildman–Crippen LogP) is 16.0. The fourth-order valence-electron chi connectivity index (χ4n) is 9.52. The molecule has 0 aliphatic rings. The van der Waals surface area contributed by atoms with Crippen molar-refractivity contribution in [3.05, 3.63) is 218 Å². The molecule has 0 spiro atoms. The molecule has 61 heavy (non-hydrogen) atoms. The first kappa shape index (κ1) is 35.0. The highest BCUT2D eigenvalue weighted by molar-refractivity contribution is 6.21. The van der Waals surface area contributed by atoms with Crippen LogP contribution in [0.15, 0.2) is 212 Å². The summed E-state index contributed by atoms with van der Waals surface area (Å²) in [4.78, 5) is 10.0. The Labute approximate surface area is 354 Å². The van der Waals surface area contributed by atoms with Gasteiger partial charge in [-0.3, -0.25) is 0 Å². The fraction of sp³-hybridized carbons (Fsp3) is 0.0169. The van der Waals surface area contributed by atoms with Gasteiger partial charge in [-0.2, -0.15) is 0 Å². The molecule has 0 saturated carbocycles. The summed E-state index contributed by atoms with van der Waals surface area (Å²) in [7, 11) is 0. The van der Waals surface area contributed by atoms with E-state index in [9.17, 15) is 0 Å². The van der Waals surface area contributed by atoms with Crippen molar-refractivity contribution in [3.63, 3.8) is 0 Å². The molecule has 1 heterocycles. The van der Waals surface area contributed by atoms with Crippen LogP contribution in [-0.4, -0.2) is 9.97 Å². The molecule has 0 unspecified atom stereocenters. The third kappa shape index (κ3) is 5.95. The molecule has 12 rings (SSSR count). The Hall–Kier alpha value is -7.94. The van der Waals surface area contributed by atoms with Crippen molar-refractivity contribution in [1.29, 1.82) is 0 Å². The van der Waals surface area contributed by atoms with Gasteiger partial charge in [0.2, 0.25) is 0 Å². The Morgan fingerprint density at radius 2 is 0.820 bits per heavy atom. The first-order valence-electron chi connectivity index (χ1n) is 21.0. The molecular formula is C59H38N2. The second-order valence-corrected chi connectivity index (χ2v) is 16.2. The Morgan fingerprint density at radius 3 is 1.56 bits per heavy atom. The molecule has 0 saturated heterocycles. The number of rotatable bonds is 5. The SMILES string of the molecule is Cc1cccc2ccc3cccc(-c4cccc5ccc6cc(-c7ccc8cc(-c9ccc(-c%10nc(-c%11ccccc%11)c%11ccccc%11n%10)cc9)ccc8c7)ccc6c45)c3c12. The summed E-state index contributed by atoms with van der Waals surface area (Å²) >= 11 is 0. The molecule has 12 aromatic rings. The van der Waals surface area contributed by atoms with Crippen LogP contribution in [0.2, 0.25) is 0 Å². The second-order valence-electron chi connectivity index (χ2n) is 16.2. The van der Waals surface area contributed by atoms with Crippen LogP contribution in [0, 0.1) is 6.92 Å². The molecule has 0 N–H and O–H groups in total. The average Bonchev–Trinajstić information content (AvgIpc) is 3.33. The minimum atomic E-state index is 0.728. The normalized spacial score (nSPS) is 11.7. The standard InChI is InChI=1S/C59H38N2/c1-37-10-7-13-39-22-23-41-15-9-18-52(57(41)55(37)39)51-17-8-14-40-24-31-49-36-48(32-33-50(49)56(40)51)47-30-29-45-34-44(27-28-46(45)35-47)38-20-25-43(26-21-38)59-60-54-19-6-5-16-53(54)58(61-59)42-11-3-2-4-12-42/h2-36H,1H3. The third-order valence-electron chi connectivity index (χ3n) is 12.5. The van der Waals surface area contributed by atoms with E-state index in [0.29, 0.717) is 0 Å².